The van der Waals surface area contributed by atoms with E-state index in [0.29, 0.717) is 17.7 Å². The molecule has 3 fully saturated rings. The summed E-state index contributed by atoms with van der Waals surface area (Å²) in [5.41, 5.74) is 2.88. The zero-order chi connectivity index (χ0) is 23.6. The lowest BCUT2D eigenvalue weighted by Crippen LogP contribution is -2.73. The third-order valence-corrected chi connectivity index (χ3v) is 7.80. The van der Waals surface area contributed by atoms with E-state index in [-0.39, 0.29) is 5.41 Å². The molecular formula is C24H24ClN9O. The molecule has 4 aliphatic heterocycles. The van der Waals surface area contributed by atoms with Crippen LogP contribution in [0.4, 0.5) is 11.9 Å². The second kappa shape index (κ2) is 7.88. The highest BCUT2D eigenvalue weighted by Crippen LogP contribution is 2.43. The molecule has 3 saturated heterocycles. The Morgan fingerprint density at radius 2 is 1.94 bits per heavy atom. The molecule has 0 unspecified atom stereocenters. The van der Waals surface area contributed by atoms with Crippen LogP contribution in [0.25, 0.3) is 5.69 Å². The van der Waals surface area contributed by atoms with Crippen LogP contribution in [-0.4, -0.2) is 75.1 Å². The number of fused-ring (bicyclic) bond motifs is 3. The fourth-order valence-corrected chi connectivity index (χ4v) is 6.05. The summed E-state index contributed by atoms with van der Waals surface area (Å²) < 4.78 is 7.88. The molecule has 2 aromatic heterocycles. The standard InChI is InChI=1S/C24H24ClN9O/c25-17-1-2-20-16(7-17)9-31(19-4-6-35-11-19)10-21-29-30-23(34(20)21)33-14-24(15-33)12-32(13-24)22-27-5-3-18(8-26)28-22/h1-3,5,7,19H,4,6,9-15H2/t19-/m1/s1. The summed E-state index contributed by atoms with van der Waals surface area (Å²) in [5, 5.41) is 19.1. The van der Waals surface area contributed by atoms with Gasteiger partial charge >= 0.3 is 0 Å². The van der Waals surface area contributed by atoms with Gasteiger partial charge in [0.1, 0.15) is 11.8 Å². The predicted molar refractivity (Wildman–Crippen MR) is 128 cm³/mol. The number of benzene rings is 1. The first kappa shape index (κ1) is 21.1. The molecule has 0 N–H and O–H groups in total. The van der Waals surface area contributed by atoms with Gasteiger partial charge in [-0.3, -0.25) is 9.47 Å². The van der Waals surface area contributed by atoms with E-state index in [1.807, 2.05) is 6.07 Å². The summed E-state index contributed by atoms with van der Waals surface area (Å²) >= 11 is 6.40. The molecule has 0 aliphatic carbocycles. The topological polar surface area (TPSA) is 99.2 Å². The van der Waals surface area contributed by atoms with Gasteiger partial charge in [0, 0.05) is 62.0 Å². The van der Waals surface area contributed by atoms with Crippen LogP contribution >= 0.6 is 11.6 Å². The van der Waals surface area contributed by atoms with Crippen molar-refractivity contribution in [2.24, 2.45) is 5.41 Å². The molecule has 1 spiro atoms. The minimum absolute atomic E-state index is 0.194. The van der Waals surface area contributed by atoms with Crippen molar-refractivity contribution in [3.05, 3.63) is 52.6 Å². The number of hydrogen-bond donors (Lipinski definition) is 0. The fraction of sp³-hybridized carbons (Fsp3) is 0.458. The van der Waals surface area contributed by atoms with Gasteiger partial charge < -0.3 is 14.5 Å². The Kier molecular flexibility index (Phi) is 4.74. The molecule has 0 radical (unpaired) electrons. The Morgan fingerprint density at radius 1 is 1.09 bits per heavy atom. The summed E-state index contributed by atoms with van der Waals surface area (Å²) in [6.07, 6.45) is 2.68. The molecule has 35 heavy (non-hydrogen) atoms. The Morgan fingerprint density at radius 3 is 2.74 bits per heavy atom. The summed E-state index contributed by atoms with van der Waals surface area (Å²) in [4.78, 5) is 15.6. The minimum atomic E-state index is 0.194. The second-order valence-electron chi connectivity index (χ2n) is 10.0. The van der Waals surface area contributed by atoms with E-state index in [0.717, 1.165) is 81.4 Å². The average molecular weight is 490 g/mol. The fourth-order valence-electron chi connectivity index (χ4n) is 5.86. The van der Waals surface area contributed by atoms with Gasteiger partial charge in [0.15, 0.2) is 5.82 Å². The molecule has 0 bridgehead atoms. The third kappa shape index (κ3) is 3.45. The van der Waals surface area contributed by atoms with Gasteiger partial charge in [-0.2, -0.15) is 5.26 Å². The van der Waals surface area contributed by atoms with Gasteiger partial charge in [0.05, 0.1) is 18.8 Å². The van der Waals surface area contributed by atoms with Crippen molar-refractivity contribution < 1.29 is 4.74 Å². The molecule has 3 aromatic rings. The number of nitrogens with zero attached hydrogens (tertiary/aromatic N) is 9. The minimum Gasteiger partial charge on any atom is -0.380 e. The highest BCUT2D eigenvalue weighted by atomic mass is 35.5. The highest BCUT2D eigenvalue weighted by molar-refractivity contribution is 6.30. The summed E-state index contributed by atoms with van der Waals surface area (Å²) in [6.45, 7) is 6.66. The van der Waals surface area contributed by atoms with E-state index in [1.54, 1.807) is 12.3 Å². The molecule has 0 saturated carbocycles. The van der Waals surface area contributed by atoms with E-state index in [4.69, 9.17) is 21.6 Å². The van der Waals surface area contributed by atoms with Crippen molar-refractivity contribution in [3.8, 4) is 11.8 Å². The Balaban J connectivity index is 1.13. The summed E-state index contributed by atoms with van der Waals surface area (Å²) in [5.74, 6) is 2.47. The van der Waals surface area contributed by atoms with E-state index in [9.17, 15) is 0 Å². The average Bonchev–Trinajstić information content (AvgIpc) is 3.45. The van der Waals surface area contributed by atoms with Crippen LogP contribution in [0.1, 0.15) is 23.5 Å². The van der Waals surface area contributed by atoms with Crippen molar-refractivity contribution in [1.82, 2.24) is 29.6 Å². The molecule has 178 valence electrons. The van der Waals surface area contributed by atoms with Crippen LogP contribution in [0.3, 0.4) is 0 Å². The number of aromatic nitrogens is 5. The van der Waals surface area contributed by atoms with Gasteiger partial charge in [-0.15, -0.1) is 10.2 Å². The number of rotatable bonds is 3. The SMILES string of the molecule is N#Cc1ccnc(N2CC3(C2)CN(c2nnc4n2-c2ccc(Cl)cc2CN([C@@H]2CCOC2)C4)C3)n1. The lowest BCUT2D eigenvalue weighted by molar-refractivity contribution is 0.133. The lowest BCUT2D eigenvalue weighted by Gasteiger charge is -2.60. The van der Waals surface area contributed by atoms with E-state index < -0.39 is 0 Å². The third-order valence-electron chi connectivity index (χ3n) is 7.56. The summed E-state index contributed by atoms with van der Waals surface area (Å²) in [7, 11) is 0. The van der Waals surface area contributed by atoms with Crippen molar-refractivity contribution >= 4 is 23.5 Å². The van der Waals surface area contributed by atoms with Crippen molar-refractivity contribution in [2.45, 2.75) is 25.6 Å². The Bertz CT molecular complexity index is 1330. The van der Waals surface area contributed by atoms with Gasteiger partial charge in [-0.05, 0) is 36.2 Å². The number of anilines is 2. The van der Waals surface area contributed by atoms with E-state index >= 15 is 0 Å². The van der Waals surface area contributed by atoms with E-state index in [1.165, 1.54) is 5.56 Å². The number of halogens is 1. The van der Waals surface area contributed by atoms with Crippen LogP contribution in [0.5, 0.6) is 0 Å². The monoisotopic (exact) mass is 489 g/mol. The molecule has 7 rings (SSSR count). The van der Waals surface area contributed by atoms with Crippen LogP contribution in [-0.2, 0) is 17.8 Å². The van der Waals surface area contributed by atoms with Crippen molar-refractivity contribution in [1.29, 1.82) is 5.26 Å². The first-order valence-corrected chi connectivity index (χ1v) is 12.3. The van der Waals surface area contributed by atoms with Crippen LogP contribution in [0.2, 0.25) is 5.02 Å². The second-order valence-corrected chi connectivity index (χ2v) is 10.4. The first-order valence-electron chi connectivity index (χ1n) is 11.9. The summed E-state index contributed by atoms with van der Waals surface area (Å²) in [6, 6.07) is 10.2. The number of nitriles is 1. The Hall–Kier alpha value is -3.26. The maximum Gasteiger partial charge on any atom is 0.231 e. The molecule has 1 aromatic carbocycles. The molecule has 10 nitrogen and oxygen atoms in total. The zero-order valence-electron chi connectivity index (χ0n) is 19.1. The molecule has 1 atom stereocenters. The predicted octanol–water partition coefficient (Wildman–Crippen LogP) is 2.01. The largest absolute Gasteiger partial charge is 0.380 e. The smallest absolute Gasteiger partial charge is 0.231 e. The maximum absolute atomic E-state index is 9.12. The van der Waals surface area contributed by atoms with Crippen LogP contribution in [0.15, 0.2) is 30.5 Å². The zero-order valence-corrected chi connectivity index (χ0v) is 19.9. The highest BCUT2D eigenvalue weighted by Gasteiger charge is 2.54. The Labute approximate surface area is 207 Å². The van der Waals surface area contributed by atoms with Crippen LogP contribution in [0, 0.1) is 16.7 Å². The molecule has 11 heteroatoms. The molecule has 4 aliphatic rings. The van der Waals surface area contributed by atoms with E-state index in [2.05, 4.69) is 57.6 Å². The number of hydrogen-bond acceptors (Lipinski definition) is 9. The number of ether oxygens (including phenoxy) is 1. The van der Waals surface area contributed by atoms with Crippen molar-refractivity contribution in [3.63, 3.8) is 0 Å². The first-order chi connectivity index (χ1) is 17.1. The molecule has 6 heterocycles. The molecular weight excluding hydrogens is 466 g/mol. The van der Waals surface area contributed by atoms with Gasteiger partial charge in [0.2, 0.25) is 11.9 Å². The lowest BCUT2D eigenvalue weighted by atomic mass is 9.73. The maximum atomic E-state index is 9.12. The van der Waals surface area contributed by atoms with Crippen LogP contribution < -0.4 is 9.80 Å². The molecule has 0 amide bonds. The quantitative estimate of drug-likeness (QED) is 0.547. The van der Waals surface area contributed by atoms with Crippen molar-refractivity contribution in [2.75, 3.05) is 49.2 Å². The normalized spacial score (nSPS) is 22.7. The van der Waals surface area contributed by atoms with Gasteiger partial charge in [-0.1, -0.05) is 11.6 Å². The van der Waals surface area contributed by atoms with Gasteiger partial charge in [0.25, 0.3) is 0 Å². The van der Waals surface area contributed by atoms with Gasteiger partial charge in [-0.25, -0.2) is 9.97 Å².